The number of hydrogen-bond donors (Lipinski definition) is 2. The summed E-state index contributed by atoms with van der Waals surface area (Å²) < 4.78 is 0. The Kier molecular flexibility index (Phi) is 2.29. The van der Waals surface area contributed by atoms with Crippen LogP contribution >= 0.6 is 0 Å². The van der Waals surface area contributed by atoms with Crippen molar-refractivity contribution in [3.8, 4) is 0 Å². The molecule has 1 aromatic rings. The van der Waals surface area contributed by atoms with E-state index in [2.05, 4.69) is 14.9 Å². The second-order valence-electron chi connectivity index (χ2n) is 3.33. The van der Waals surface area contributed by atoms with Gasteiger partial charge in [-0.1, -0.05) is 0 Å². The molecule has 0 amide bonds. The van der Waals surface area contributed by atoms with Crippen LogP contribution in [0.25, 0.3) is 0 Å². The van der Waals surface area contributed by atoms with Crippen molar-refractivity contribution in [3.63, 3.8) is 0 Å². The van der Waals surface area contributed by atoms with Crippen molar-refractivity contribution in [2.45, 2.75) is 19.3 Å². The molecule has 70 valence electrons. The maximum absolute atomic E-state index is 7.87. The Morgan fingerprint density at radius 1 is 1.38 bits per heavy atom. The zero-order chi connectivity index (χ0) is 9.10. The van der Waals surface area contributed by atoms with Crippen LogP contribution in [0.15, 0.2) is 12.4 Å². The van der Waals surface area contributed by atoms with E-state index in [0.29, 0.717) is 11.7 Å². The number of aromatic nitrogens is 2. The topological polar surface area (TPSA) is 55.8 Å². The van der Waals surface area contributed by atoms with Crippen molar-refractivity contribution >= 4 is 5.84 Å². The predicted octanol–water partition coefficient (Wildman–Crippen LogP) is 1.22. The van der Waals surface area contributed by atoms with Crippen LogP contribution in [0.3, 0.4) is 0 Å². The first kappa shape index (κ1) is 8.29. The number of H-pyrrole nitrogens is 1. The number of imidazole rings is 1. The number of rotatable bonds is 1. The van der Waals surface area contributed by atoms with E-state index in [1.54, 1.807) is 12.4 Å². The van der Waals surface area contributed by atoms with Crippen molar-refractivity contribution in [1.29, 1.82) is 5.41 Å². The lowest BCUT2D eigenvalue weighted by Gasteiger charge is -2.27. The van der Waals surface area contributed by atoms with Gasteiger partial charge in [-0.15, -0.1) is 0 Å². The van der Waals surface area contributed by atoms with Gasteiger partial charge in [-0.05, 0) is 19.3 Å². The Morgan fingerprint density at radius 3 is 2.77 bits per heavy atom. The molecule has 0 unspecified atom stereocenters. The molecule has 2 N–H and O–H groups in total. The maximum Gasteiger partial charge on any atom is 0.172 e. The number of hydrogen-bond acceptors (Lipinski definition) is 2. The molecule has 1 aliphatic rings. The van der Waals surface area contributed by atoms with Gasteiger partial charge in [0.2, 0.25) is 0 Å². The van der Waals surface area contributed by atoms with E-state index in [1.807, 2.05) is 0 Å². The summed E-state index contributed by atoms with van der Waals surface area (Å²) >= 11 is 0. The predicted molar refractivity (Wildman–Crippen MR) is 50.8 cm³/mol. The normalized spacial score (nSPS) is 17.4. The van der Waals surface area contributed by atoms with Crippen molar-refractivity contribution < 1.29 is 0 Å². The Morgan fingerprint density at radius 2 is 2.15 bits per heavy atom. The summed E-state index contributed by atoms with van der Waals surface area (Å²) in [5.74, 6) is 1.21. The second-order valence-corrected chi connectivity index (χ2v) is 3.33. The minimum absolute atomic E-state index is 0.532. The third-order valence-corrected chi connectivity index (χ3v) is 2.39. The van der Waals surface area contributed by atoms with E-state index in [9.17, 15) is 0 Å². The third kappa shape index (κ3) is 1.71. The molecule has 1 aliphatic heterocycles. The molecule has 0 aromatic carbocycles. The van der Waals surface area contributed by atoms with Crippen LogP contribution in [-0.2, 0) is 0 Å². The molecule has 0 bridgehead atoms. The van der Waals surface area contributed by atoms with Gasteiger partial charge in [0.15, 0.2) is 11.7 Å². The molecule has 0 radical (unpaired) electrons. The number of aromatic amines is 1. The molecule has 1 fully saturated rings. The van der Waals surface area contributed by atoms with Crippen LogP contribution in [-0.4, -0.2) is 33.8 Å². The number of piperidine rings is 1. The summed E-state index contributed by atoms with van der Waals surface area (Å²) in [5, 5.41) is 7.87. The van der Waals surface area contributed by atoms with E-state index in [4.69, 9.17) is 5.41 Å². The summed E-state index contributed by atoms with van der Waals surface area (Å²) in [6.07, 6.45) is 7.13. The van der Waals surface area contributed by atoms with Crippen molar-refractivity contribution in [2.75, 3.05) is 13.1 Å². The lowest BCUT2D eigenvalue weighted by Crippen LogP contribution is -2.36. The molecule has 0 atom stereocenters. The molecule has 13 heavy (non-hydrogen) atoms. The minimum Gasteiger partial charge on any atom is -0.354 e. The zero-order valence-corrected chi connectivity index (χ0v) is 7.58. The molecular formula is C9H14N4. The van der Waals surface area contributed by atoms with E-state index in [0.717, 1.165) is 13.1 Å². The van der Waals surface area contributed by atoms with E-state index >= 15 is 0 Å². The molecule has 2 heterocycles. The standard InChI is InChI=1S/C9H14N4/c10-8(9-11-4-5-12-9)13-6-2-1-3-7-13/h4-5,10H,1-3,6-7H2,(H,11,12). The maximum atomic E-state index is 7.87. The Labute approximate surface area is 77.5 Å². The number of likely N-dealkylation sites (tertiary alicyclic amines) is 1. The zero-order valence-electron chi connectivity index (χ0n) is 7.58. The van der Waals surface area contributed by atoms with Gasteiger partial charge in [-0.25, -0.2) is 4.98 Å². The first-order chi connectivity index (χ1) is 6.38. The van der Waals surface area contributed by atoms with Crippen molar-refractivity contribution in [2.24, 2.45) is 0 Å². The van der Waals surface area contributed by atoms with Crippen LogP contribution < -0.4 is 0 Å². The van der Waals surface area contributed by atoms with Crippen LogP contribution in [0.5, 0.6) is 0 Å². The van der Waals surface area contributed by atoms with Crippen molar-refractivity contribution in [1.82, 2.24) is 14.9 Å². The largest absolute Gasteiger partial charge is 0.354 e. The second kappa shape index (κ2) is 3.60. The van der Waals surface area contributed by atoms with Gasteiger partial charge in [-0.2, -0.15) is 0 Å². The highest BCUT2D eigenvalue weighted by atomic mass is 15.2. The van der Waals surface area contributed by atoms with Gasteiger partial charge in [0.25, 0.3) is 0 Å². The molecule has 0 aliphatic carbocycles. The highest BCUT2D eigenvalue weighted by molar-refractivity contribution is 5.92. The first-order valence-electron chi connectivity index (χ1n) is 4.71. The fraction of sp³-hybridized carbons (Fsp3) is 0.556. The fourth-order valence-electron chi connectivity index (χ4n) is 1.66. The molecular weight excluding hydrogens is 164 g/mol. The summed E-state index contributed by atoms with van der Waals surface area (Å²) in [6, 6.07) is 0. The Bertz CT molecular complexity index is 272. The lowest BCUT2D eigenvalue weighted by molar-refractivity contribution is 0.340. The van der Waals surface area contributed by atoms with Gasteiger partial charge >= 0.3 is 0 Å². The monoisotopic (exact) mass is 178 g/mol. The third-order valence-electron chi connectivity index (χ3n) is 2.39. The van der Waals surface area contributed by atoms with Crippen LogP contribution in [0.2, 0.25) is 0 Å². The Balaban J connectivity index is 2.04. The van der Waals surface area contributed by atoms with Crippen LogP contribution in [0.1, 0.15) is 25.1 Å². The molecule has 4 heteroatoms. The van der Waals surface area contributed by atoms with E-state index in [1.165, 1.54) is 19.3 Å². The summed E-state index contributed by atoms with van der Waals surface area (Å²) in [6.45, 7) is 2.00. The highest BCUT2D eigenvalue weighted by Crippen LogP contribution is 2.10. The molecule has 1 saturated heterocycles. The summed E-state index contributed by atoms with van der Waals surface area (Å²) in [4.78, 5) is 9.11. The van der Waals surface area contributed by atoms with Gasteiger partial charge in [0, 0.05) is 25.5 Å². The molecule has 1 aromatic heterocycles. The summed E-state index contributed by atoms with van der Waals surface area (Å²) in [5.41, 5.74) is 0. The molecule has 0 spiro atoms. The lowest BCUT2D eigenvalue weighted by atomic mass is 10.1. The van der Waals surface area contributed by atoms with Gasteiger partial charge < -0.3 is 9.88 Å². The van der Waals surface area contributed by atoms with E-state index < -0.39 is 0 Å². The number of amidine groups is 1. The first-order valence-corrected chi connectivity index (χ1v) is 4.71. The van der Waals surface area contributed by atoms with Crippen LogP contribution in [0.4, 0.5) is 0 Å². The fourth-order valence-corrected chi connectivity index (χ4v) is 1.66. The molecule has 4 nitrogen and oxygen atoms in total. The number of nitrogens with zero attached hydrogens (tertiary/aromatic N) is 2. The highest BCUT2D eigenvalue weighted by Gasteiger charge is 2.15. The van der Waals surface area contributed by atoms with Gasteiger partial charge in [-0.3, -0.25) is 5.41 Å². The SMILES string of the molecule is N=C(c1ncc[nH]1)N1CCCCC1. The quantitative estimate of drug-likeness (QED) is 0.502. The molecule has 2 rings (SSSR count). The van der Waals surface area contributed by atoms with Gasteiger partial charge in [0.05, 0.1) is 0 Å². The minimum atomic E-state index is 0.532. The average molecular weight is 178 g/mol. The van der Waals surface area contributed by atoms with Crippen LogP contribution in [0, 0.1) is 5.41 Å². The smallest absolute Gasteiger partial charge is 0.172 e. The Hall–Kier alpha value is -1.32. The average Bonchev–Trinajstić information content (AvgIpc) is 2.71. The van der Waals surface area contributed by atoms with Gasteiger partial charge in [0.1, 0.15) is 0 Å². The van der Waals surface area contributed by atoms with E-state index in [-0.39, 0.29) is 0 Å². The molecule has 0 saturated carbocycles. The van der Waals surface area contributed by atoms with Crippen molar-refractivity contribution in [3.05, 3.63) is 18.2 Å². The number of nitrogens with one attached hydrogen (secondary N) is 2. The summed E-state index contributed by atoms with van der Waals surface area (Å²) in [7, 11) is 0.